The lowest BCUT2D eigenvalue weighted by molar-refractivity contribution is -0.254. The van der Waals surface area contributed by atoms with Crippen molar-refractivity contribution in [3.8, 4) is 0 Å². The van der Waals surface area contributed by atoms with E-state index in [9.17, 15) is 4.79 Å². The van der Waals surface area contributed by atoms with Crippen LogP contribution < -0.4 is 0 Å². The van der Waals surface area contributed by atoms with Gasteiger partial charge in [0.2, 0.25) is 0 Å². The van der Waals surface area contributed by atoms with Gasteiger partial charge in [-0.05, 0) is 20.3 Å². The molecule has 0 aromatic rings. The van der Waals surface area contributed by atoms with Crippen LogP contribution in [0.3, 0.4) is 0 Å². The summed E-state index contributed by atoms with van der Waals surface area (Å²) in [5, 5.41) is 0. The van der Waals surface area contributed by atoms with Gasteiger partial charge in [-0.15, -0.1) is 0 Å². The fourth-order valence-electron chi connectivity index (χ4n) is 2.77. The molecule has 5 heteroatoms. The maximum absolute atomic E-state index is 11.8. The Labute approximate surface area is 94.0 Å². The first-order valence-electron chi connectivity index (χ1n) is 5.58. The minimum atomic E-state index is -0.806. The van der Waals surface area contributed by atoms with Crippen molar-refractivity contribution in [1.82, 2.24) is 0 Å². The van der Waals surface area contributed by atoms with Crippen LogP contribution in [-0.2, 0) is 23.7 Å². The van der Waals surface area contributed by atoms with Crippen LogP contribution in [0.5, 0.6) is 0 Å². The molecule has 0 amide bonds. The van der Waals surface area contributed by atoms with Crippen LogP contribution in [0.1, 0.15) is 26.7 Å². The number of hydrogen-bond acceptors (Lipinski definition) is 5. The summed E-state index contributed by atoms with van der Waals surface area (Å²) < 4.78 is 22.4. The number of carbonyl (C=O) groups is 1. The lowest BCUT2D eigenvalue weighted by Crippen LogP contribution is -2.56. The quantitative estimate of drug-likeness (QED) is 0.658. The normalized spacial score (nSPS) is 49.4. The van der Waals surface area contributed by atoms with E-state index in [1.807, 2.05) is 13.8 Å². The molecule has 2 aliphatic heterocycles. The minimum Gasteiger partial charge on any atom is -0.353 e. The third-order valence-corrected chi connectivity index (χ3v) is 3.61. The smallest absolute Gasteiger partial charge is 0.187 e. The van der Waals surface area contributed by atoms with E-state index in [1.54, 1.807) is 7.11 Å². The zero-order valence-corrected chi connectivity index (χ0v) is 9.69. The Morgan fingerprint density at radius 3 is 2.56 bits per heavy atom. The third kappa shape index (κ3) is 1.17. The van der Waals surface area contributed by atoms with E-state index in [0.717, 1.165) is 0 Å². The Bertz CT molecular complexity index is 339. The summed E-state index contributed by atoms with van der Waals surface area (Å²) in [4.78, 5) is 11.8. The van der Waals surface area contributed by atoms with E-state index < -0.39 is 17.7 Å². The molecule has 1 aliphatic carbocycles. The number of rotatable bonds is 1. The minimum absolute atomic E-state index is 0.100. The van der Waals surface area contributed by atoms with E-state index in [-0.39, 0.29) is 18.0 Å². The van der Waals surface area contributed by atoms with Crippen molar-refractivity contribution in [3.63, 3.8) is 0 Å². The molecule has 1 saturated carbocycles. The van der Waals surface area contributed by atoms with E-state index in [0.29, 0.717) is 12.8 Å². The summed E-state index contributed by atoms with van der Waals surface area (Å²) in [5.41, 5.74) is -0.806. The lowest BCUT2D eigenvalue weighted by Gasteiger charge is -2.39. The topological polar surface area (TPSA) is 54.0 Å². The standard InChI is InChI=1S/C11H16O5/c1-10(2)14-7-8(15-10)11(5-4-6(11)12)16-9(7)13-3/h7-9H,4-5H2,1-3H3/t7-,8?,9+,11+/m0/s1. The van der Waals surface area contributed by atoms with E-state index in [2.05, 4.69) is 0 Å². The van der Waals surface area contributed by atoms with Crippen LogP contribution in [0.15, 0.2) is 0 Å². The summed E-state index contributed by atoms with van der Waals surface area (Å²) in [6, 6.07) is 0. The summed E-state index contributed by atoms with van der Waals surface area (Å²) in [7, 11) is 1.55. The van der Waals surface area contributed by atoms with Gasteiger partial charge >= 0.3 is 0 Å². The highest BCUT2D eigenvalue weighted by atomic mass is 16.8. The SMILES string of the molecule is CO[C@@H]1O[C@@]2(CCC2=O)C2OC(C)(C)O[C@@H]21. The molecule has 90 valence electrons. The monoisotopic (exact) mass is 228 g/mol. The molecular formula is C11H16O5. The number of Topliss-reactive ketones (excluding diaryl/α,β-unsaturated/α-hetero) is 1. The van der Waals surface area contributed by atoms with Crippen LogP contribution in [0.2, 0.25) is 0 Å². The Hall–Kier alpha value is -0.490. The van der Waals surface area contributed by atoms with Crippen LogP contribution in [-0.4, -0.2) is 42.8 Å². The first-order valence-corrected chi connectivity index (χ1v) is 5.58. The van der Waals surface area contributed by atoms with Gasteiger partial charge in [0.05, 0.1) is 0 Å². The zero-order chi connectivity index (χ0) is 11.6. The predicted octanol–water partition coefficient (Wildman–Crippen LogP) is 0.611. The highest BCUT2D eigenvalue weighted by Crippen LogP contribution is 2.51. The Balaban J connectivity index is 1.92. The summed E-state index contributed by atoms with van der Waals surface area (Å²) in [5.74, 6) is -0.568. The van der Waals surface area contributed by atoms with E-state index >= 15 is 0 Å². The molecule has 16 heavy (non-hydrogen) atoms. The maximum Gasteiger partial charge on any atom is 0.187 e. The van der Waals surface area contributed by atoms with E-state index in [1.165, 1.54) is 0 Å². The summed E-state index contributed by atoms with van der Waals surface area (Å²) in [6.07, 6.45) is 0.129. The molecular weight excluding hydrogens is 212 g/mol. The number of hydrogen-bond donors (Lipinski definition) is 0. The third-order valence-electron chi connectivity index (χ3n) is 3.61. The van der Waals surface area contributed by atoms with Crippen LogP contribution >= 0.6 is 0 Å². The predicted molar refractivity (Wildman–Crippen MR) is 52.7 cm³/mol. The molecule has 0 radical (unpaired) electrons. The Kier molecular flexibility index (Phi) is 2.02. The van der Waals surface area contributed by atoms with Gasteiger partial charge in [-0.3, -0.25) is 4.79 Å². The zero-order valence-electron chi connectivity index (χ0n) is 9.69. The van der Waals surface area contributed by atoms with Gasteiger partial charge in [0.25, 0.3) is 0 Å². The number of methoxy groups -OCH3 is 1. The highest BCUT2D eigenvalue weighted by molar-refractivity contribution is 5.94. The Morgan fingerprint density at radius 2 is 2.06 bits per heavy atom. The first-order chi connectivity index (χ1) is 7.48. The van der Waals surface area contributed by atoms with Crippen molar-refractivity contribution < 1.29 is 23.7 Å². The van der Waals surface area contributed by atoms with Gasteiger partial charge < -0.3 is 18.9 Å². The summed E-state index contributed by atoms with van der Waals surface area (Å²) >= 11 is 0. The van der Waals surface area contributed by atoms with Gasteiger partial charge in [-0.25, -0.2) is 0 Å². The molecule has 0 N–H and O–H groups in total. The molecule has 5 nitrogen and oxygen atoms in total. The van der Waals surface area contributed by atoms with Crippen molar-refractivity contribution in [1.29, 1.82) is 0 Å². The second-order valence-corrected chi connectivity index (χ2v) is 5.06. The van der Waals surface area contributed by atoms with Crippen molar-refractivity contribution in [3.05, 3.63) is 0 Å². The van der Waals surface area contributed by atoms with Crippen LogP contribution in [0, 0.1) is 0 Å². The molecule has 1 unspecified atom stereocenters. The molecule has 0 aromatic heterocycles. The molecule has 1 spiro atoms. The Morgan fingerprint density at radius 1 is 1.31 bits per heavy atom. The molecule has 0 bridgehead atoms. The average molecular weight is 228 g/mol. The fraction of sp³-hybridized carbons (Fsp3) is 0.909. The van der Waals surface area contributed by atoms with E-state index in [4.69, 9.17) is 18.9 Å². The van der Waals surface area contributed by atoms with Gasteiger partial charge in [0.1, 0.15) is 12.2 Å². The van der Waals surface area contributed by atoms with Crippen molar-refractivity contribution >= 4 is 5.78 Å². The van der Waals surface area contributed by atoms with Gasteiger partial charge in [0.15, 0.2) is 23.5 Å². The highest BCUT2D eigenvalue weighted by Gasteiger charge is 2.69. The molecule has 2 saturated heterocycles. The van der Waals surface area contributed by atoms with Gasteiger partial charge in [0, 0.05) is 13.5 Å². The second-order valence-electron chi connectivity index (χ2n) is 5.06. The number of carbonyl (C=O) groups excluding carboxylic acids is 1. The second kappa shape index (κ2) is 3.04. The van der Waals surface area contributed by atoms with Gasteiger partial charge in [-0.1, -0.05) is 0 Å². The number of ether oxygens (including phenoxy) is 4. The molecule has 0 aromatic carbocycles. The lowest BCUT2D eigenvalue weighted by atomic mass is 9.74. The number of fused-ring (bicyclic) bond motifs is 2. The maximum atomic E-state index is 11.8. The molecule has 4 atom stereocenters. The number of ketones is 1. The van der Waals surface area contributed by atoms with Crippen molar-refractivity contribution in [2.24, 2.45) is 0 Å². The molecule has 3 fully saturated rings. The van der Waals surface area contributed by atoms with Crippen molar-refractivity contribution in [2.75, 3.05) is 7.11 Å². The fourth-order valence-corrected chi connectivity index (χ4v) is 2.77. The largest absolute Gasteiger partial charge is 0.353 e. The molecule has 3 aliphatic rings. The first kappa shape index (κ1) is 10.7. The van der Waals surface area contributed by atoms with Crippen LogP contribution in [0.4, 0.5) is 0 Å². The van der Waals surface area contributed by atoms with Gasteiger partial charge in [-0.2, -0.15) is 0 Å². The summed E-state index contributed by atoms with van der Waals surface area (Å²) in [6.45, 7) is 3.68. The molecule has 3 rings (SSSR count). The van der Waals surface area contributed by atoms with Crippen molar-refractivity contribution in [2.45, 2.75) is 56.6 Å². The van der Waals surface area contributed by atoms with Crippen LogP contribution in [0.25, 0.3) is 0 Å². The molecule has 2 heterocycles. The average Bonchev–Trinajstić information content (AvgIpc) is 2.68.